The Morgan fingerprint density at radius 2 is 1.59 bits per heavy atom. The van der Waals surface area contributed by atoms with Gasteiger partial charge in [-0.25, -0.2) is 0 Å². The van der Waals surface area contributed by atoms with Gasteiger partial charge in [0, 0.05) is 38.0 Å². The first kappa shape index (κ1) is 25.6. The van der Waals surface area contributed by atoms with E-state index in [0.29, 0.717) is 51.3 Å². The normalized spacial score (nSPS) is 22.4. The lowest BCUT2D eigenvalue weighted by Crippen LogP contribution is -2.54. The van der Waals surface area contributed by atoms with Gasteiger partial charge < -0.3 is 24.0 Å². The topological polar surface area (TPSA) is 68.3 Å². The van der Waals surface area contributed by atoms with Crippen LogP contribution in [0.25, 0.3) is 0 Å². The second kappa shape index (κ2) is 10.8. The number of carbonyl (C=O) groups excluding carboxylic acids is 2. The fraction of sp³-hybridized carbons (Fsp3) is 0.375. The van der Waals surface area contributed by atoms with Crippen LogP contribution in [0.2, 0.25) is 0 Å². The molecule has 3 aromatic carbocycles. The van der Waals surface area contributed by atoms with Crippen LogP contribution < -0.4 is 4.74 Å². The summed E-state index contributed by atoms with van der Waals surface area (Å²) in [6, 6.07) is 24.8. The molecule has 0 bridgehead atoms. The summed E-state index contributed by atoms with van der Waals surface area (Å²) in [4.78, 5) is 32.3. The summed E-state index contributed by atoms with van der Waals surface area (Å²) in [6.45, 7) is 2.90. The second-order valence-corrected chi connectivity index (χ2v) is 10.5. The summed E-state index contributed by atoms with van der Waals surface area (Å²) in [7, 11) is 1.63. The molecule has 1 spiro atoms. The Morgan fingerprint density at radius 1 is 0.923 bits per heavy atom. The van der Waals surface area contributed by atoms with Crippen molar-refractivity contribution in [2.75, 3.05) is 33.4 Å². The molecule has 0 aliphatic carbocycles. The third-order valence-electron chi connectivity index (χ3n) is 8.21. The number of hydrogen-bond donors (Lipinski definition) is 0. The maximum absolute atomic E-state index is 14.5. The average Bonchev–Trinajstić information content (AvgIpc) is 2.99. The van der Waals surface area contributed by atoms with E-state index in [1.807, 2.05) is 88.7 Å². The van der Waals surface area contributed by atoms with Crippen molar-refractivity contribution in [1.29, 1.82) is 0 Å². The molecule has 0 aromatic heterocycles. The lowest BCUT2D eigenvalue weighted by atomic mass is 9.78. The van der Waals surface area contributed by atoms with Crippen molar-refractivity contribution in [3.63, 3.8) is 0 Å². The third-order valence-corrected chi connectivity index (χ3v) is 8.21. The Labute approximate surface area is 229 Å². The van der Waals surface area contributed by atoms with Gasteiger partial charge in [0.2, 0.25) is 5.91 Å². The van der Waals surface area contributed by atoms with Gasteiger partial charge in [-0.15, -0.1) is 0 Å². The molecule has 202 valence electrons. The van der Waals surface area contributed by atoms with Gasteiger partial charge in [0.25, 0.3) is 5.91 Å². The Hall–Kier alpha value is -3.68. The molecule has 3 heterocycles. The van der Waals surface area contributed by atoms with E-state index < -0.39 is 17.7 Å². The largest absolute Gasteiger partial charge is 0.497 e. The van der Waals surface area contributed by atoms with E-state index in [-0.39, 0.29) is 11.8 Å². The fourth-order valence-electron chi connectivity index (χ4n) is 6.16. The molecule has 7 heteroatoms. The number of carbonyl (C=O) groups is 2. The number of nitrogens with zero attached hydrogens (tertiary/aromatic N) is 2. The molecular formula is C32H34N2O5. The predicted octanol–water partition coefficient (Wildman–Crippen LogP) is 4.93. The van der Waals surface area contributed by atoms with E-state index >= 15 is 0 Å². The molecule has 2 saturated heterocycles. The van der Waals surface area contributed by atoms with Crippen molar-refractivity contribution in [1.82, 2.24) is 9.80 Å². The van der Waals surface area contributed by atoms with E-state index in [1.165, 1.54) is 0 Å². The number of hydrogen-bond acceptors (Lipinski definition) is 5. The van der Waals surface area contributed by atoms with Gasteiger partial charge in [-0.2, -0.15) is 0 Å². The number of fused-ring (bicyclic) bond motifs is 1. The number of likely N-dealkylation sites (tertiary alicyclic amines) is 1. The monoisotopic (exact) mass is 526 g/mol. The first-order valence-corrected chi connectivity index (χ1v) is 13.7. The molecule has 3 aromatic rings. The minimum Gasteiger partial charge on any atom is -0.497 e. The predicted molar refractivity (Wildman–Crippen MR) is 146 cm³/mol. The maximum Gasteiger partial charge on any atom is 0.255 e. The number of rotatable bonds is 5. The zero-order valence-electron chi connectivity index (χ0n) is 22.3. The molecule has 3 aliphatic heterocycles. The average molecular weight is 527 g/mol. The molecule has 39 heavy (non-hydrogen) atoms. The lowest BCUT2D eigenvalue weighted by molar-refractivity contribution is -0.282. The second-order valence-electron chi connectivity index (χ2n) is 10.5. The molecule has 0 unspecified atom stereocenters. The maximum atomic E-state index is 14.5. The molecule has 7 nitrogen and oxygen atoms in total. The van der Waals surface area contributed by atoms with E-state index in [2.05, 4.69) is 0 Å². The molecule has 3 aliphatic rings. The number of benzene rings is 3. The Kier molecular flexibility index (Phi) is 7.11. The number of piperidine rings is 1. The van der Waals surface area contributed by atoms with Crippen LogP contribution in [0.5, 0.6) is 5.75 Å². The molecular weight excluding hydrogens is 492 g/mol. The van der Waals surface area contributed by atoms with Crippen LogP contribution >= 0.6 is 0 Å². The van der Waals surface area contributed by atoms with E-state index in [9.17, 15) is 9.59 Å². The summed E-state index contributed by atoms with van der Waals surface area (Å²) in [6.07, 6.45) is 2.19. The van der Waals surface area contributed by atoms with E-state index in [1.54, 1.807) is 7.11 Å². The molecule has 0 saturated carbocycles. The van der Waals surface area contributed by atoms with Gasteiger partial charge in [-0.1, -0.05) is 60.7 Å². The summed E-state index contributed by atoms with van der Waals surface area (Å²) in [5.41, 5.74) is 3.29. The van der Waals surface area contributed by atoms with E-state index in [0.717, 1.165) is 28.9 Å². The minimum atomic E-state index is -0.579. The van der Waals surface area contributed by atoms with Crippen LogP contribution in [0.1, 0.15) is 58.3 Å². The highest BCUT2D eigenvalue weighted by molar-refractivity contribution is 6.01. The summed E-state index contributed by atoms with van der Waals surface area (Å²) in [5.74, 6) is -0.434. The number of ether oxygens (including phenoxy) is 3. The van der Waals surface area contributed by atoms with Gasteiger partial charge in [0.1, 0.15) is 5.75 Å². The van der Waals surface area contributed by atoms with Gasteiger partial charge in [-0.05, 0) is 41.3 Å². The highest BCUT2D eigenvalue weighted by Crippen LogP contribution is 2.45. The molecule has 0 radical (unpaired) electrons. The third kappa shape index (κ3) is 4.92. The van der Waals surface area contributed by atoms with Crippen molar-refractivity contribution >= 4 is 11.8 Å². The highest BCUT2D eigenvalue weighted by atomic mass is 16.7. The Morgan fingerprint density at radius 3 is 2.28 bits per heavy atom. The van der Waals surface area contributed by atoms with Gasteiger partial charge in [-0.3, -0.25) is 9.59 Å². The van der Waals surface area contributed by atoms with E-state index in [4.69, 9.17) is 14.2 Å². The van der Waals surface area contributed by atoms with Crippen LogP contribution in [-0.4, -0.2) is 60.8 Å². The number of amides is 2. The van der Waals surface area contributed by atoms with Crippen molar-refractivity contribution in [3.05, 3.63) is 101 Å². The first-order valence-electron chi connectivity index (χ1n) is 13.7. The minimum absolute atomic E-state index is 0.0273. The fourth-order valence-corrected chi connectivity index (χ4v) is 6.16. The zero-order valence-corrected chi connectivity index (χ0v) is 22.3. The molecule has 2 amide bonds. The molecule has 6 rings (SSSR count). The Bertz CT molecular complexity index is 1310. The highest BCUT2D eigenvalue weighted by Gasteiger charge is 2.47. The van der Waals surface area contributed by atoms with Gasteiger partial charge >= 0.3 is 0 Å². The van der Waals surface area contributed by atoms with Crippen molar-refractivity contribution in [2.24, 2.45) is 0 Å². The first-order chi connectivity index (χ1) is 19.1. The molecule has 2 fully saturated rings. The lowest BCUT2D eigenvalue weighted by Gasteiger charge is -2.46. The zero-order chi connectivity index (χ0) is 26.8. The smallest absolute Gasteiger partial charge is 0.255 e. The van der Waals surface area contributed by atoms with Crippen molar-refractivity contribution < 1.29 is 23.8 Å². The van der Waals surface area contributed by atoms with Crippen LogP contribution in [0.4, 0.5) is 0 Å². The van der Waals surface area contributed by atoms with Crippen molar-refractivity contribution in [2.45, 2.75) is 43.6 Å². The quantitative estimate of drug-likeness (QED) is 0.472. The standard InChI is InChI=1S/C32H34N2O5/c1-37-25-14-12-24(13-15-25)29-28(31(36)33-18-16-32(17-19-33)38-20-7-21-39-32)26-10-5-6-11-27(26)30(35)34(29)22-23-8-3-2-4-9-23/h2-6,8-15,28-29H,7,16-22H2,1H3/t28-,29-/m0/s1. The summed E-state index contributed by atoms with van der Waals surface area (Å²) < 4.78 is 17.4. The van der Waals surface area contributed by atoms with Crippen LogP contribution in [0.15, 0.2) is 78.9 Å². The van der Waals surface area contributed by atoms with Gasteiger partial charge in [0.05, 0.1) is 32.3 Å². The summed E-state index contributed by atoms with van der Waals surface area (Å²) in [5, 5.41) is 0. The molecule has 2 atom stereocenters. The van der Waals surface area contributed by atoms with Crippen LogP contribution in [0.3, 0.4) is 0 Å². The van der Waals surface area contributed by atoms with Crippen LogP contribution in [0, 0.1) is 0 Å². The Balaban J connectivity index is 1.39. The SMILES string of the molecule is COc1ccc([C@H]2[C@@H](C(=O)N3CCC4(CC3)OCCCO4)c3ccccc3C(=O)N2Cc2ccccc2)cc1. The van der Waals surface area contributed by atoms with Crippen molar-refractivity contribution in [3.8, 4) is 5.75 Å². The number of methoxy groups -OCH3 is 1. The van der Waals surface area contributed by atoms with Crippen LogP contribution in [-0.2, 0) is 20.8 Å². The molecule has 0 N–H and O–H groups in total. The van der Waals surface area contributed by atoms with Gasteiger partial charge in [0.15, 0.2) is 5.79 Å². The summed E-state index contributed by atoms with van der Waals surface area (Å²) >= 11 is 0.